The molecule has 2 aromatic carbocycles. The van der Waals surface area contributed by atoms with Crippen molar-refractivity contribution in [3.8, 4) is 11.5 Å². The first kappa shape index (κ1) is 21.6. The molecule has 0 heterocycles. The summed E-state index contributed by atoms with van der Waals surface area (Å²) in [6.45, 7) is 0. The Morgan fingerprint density at radius 1 is 1.14 bits per heavy atom. The van der Waals surface area contributed by atoms with Crippen LogP contribution in [-0.2, 0) is 19.1 Å². The van der Waals surface area contributed by atoms with Crippen molar-refractivity contribution in [1.82, 2.24) is 0 Å². The molecule has 2 aromatic rings. The predicted octanol–water partition coefficient (Wildman–Crippen LogP) is 3.82. The number of non-ortho nitro benzene ring substituents is 1. The van der Waals surface area contributed by atoms with E-state index in [2.05, 4.69) is 14.8 Å². The van der Waals surface area contributed by atoms with Crippen LogP contribution in [0.25, 0.3) is 0 Å². The van der Waals surface area contributed by atoms with Gasteiger partial charge in [-0.1, -0.05) is 11.6 Å². The predicted molar refractivity (Wildman–Crippen MR) is 100 cm³/mol. The fourth-order valence-corrected chi connectivity index (χ4v) is 2.26. The number of anilines is 1. The molecular formula is C18H14ClFN2O7. The third-order valence-corrected chi connectivity index (χ3v) is 3.67. The van der Waals surface area contributed by atoms with E-state index >= 15 is 0 Å². The van der Waals surface area contributed by atoms with Crippen molar-refractivity contribution < 1.29 is 33.1 Å². The number of halogens is 2. The highest BCUT2D eigenvalue weighted by Gasteiger charge is 2.17. The largest absolute Gasteiger partial charge is 0.466 e. The van der Waals surface area contributed by atoms with Gasteiger partial charge in [0.25, 0.3) is 5.69 Å². The molecule has 0 atom stereocenters. The molecule has 0 spiro atoms. The summed E-state index contributed by atoms with van der Waals surface area (Å²) in [6.07, 6.45) is 0.824. The van der Waals surface area contributed by atoms with E-state index in [0.29, 0.717) is 0 Å². The van der Waals surface area contributed by atoms with Gasteiger partial charge in [0.2, 0.25) is 0 Å². The minimum absolute atomic E-state index is 0.00772. The van der Waals surface area contributed by atoms with Gasteiger partial charge in [0.05, 0.1) is 36.3 Å². The second-order valence-corrected chi connectivity index (χ2v) is 5.76. The van der Waals surface area contributed by atoms with Gasteiger partial charge in [-0.3, -0.25) is 10.1 Å². The molecule has 0 radical (unpaired) electrons. The number of nitrogens with one attached hydrogen (secondary N) is 1. The molecule has 29 heavy (non-hydrogen) atoms. The maximum absolute atomic E-state index is 13.3. The van der Waals surface area contributed by atoms with Gasteiger partial charge in [-0.15, -0.1) is 0 Å². The van der Waals surface area contributed by atoms with Gasteiger partial charge in [0.15, 0.2) is 0 Å². The molecular weight excluding hydrogens is 411 g/mol. The van der Waals surface area contributed by atoms with Crippen LogP contribution < -0.4 is 10.1 Å². The average Bonchev–Trinajstić information content (AvgIpc) is 2.69. The van der Waals surface area contributed by atoms with E-state index in [9.17, 15) is 24.1 Å². The Morgan fingerprint density at radius 3 is 2.45 bits per heavy atom. The van der Waals surface area contributed by atoms with Crippen LogP contribution in [0.2, 0.25) is 5.02 Å². The summed E-state index contributed by atoms with van der Waals surface area (Å²) in [7, 11) is 2.20. The Balaban J connectivity index is 2.41. The van der Waals surface area contributed by atoms with Gasteiger partial charge >= 0.3 is 11.9 Å². The monoisotopic (exact) mass is 424 g/mol. The smallest absolute Gasteiger partial charge is 0.354 e. The number of hydrogen-bond donors (Lipinski definition) is 1. The lowest BCUT2D eigenvalue weighted by atomic mass is 10.2. The number of hydrogen-bond acceptors (Lipinski definition) is 8. The van der Waals surface area contributed by atoms with Crippen LogP contribution in [0.15, 0.2) is 48.2 Å². The molecule has 0 saturated heterocycles. The fourth-order valence-electron chi connectivity index (χ4n) is 2.08. The summed E-state index contributed by atoms with van der Waals surface area (Å²) in [5, 5.41) is 13.6. The van der Waals surface area contributed by atoms with E-state index in [1.807, 2.05) is 0 Å². The summed E-state index contributed by atoms with van der Waals surface area (Å²) < 4.78 is 27.8. The van der Waals surface area contributed by atoms with E-state index in [1.54, 1.807) is 0 Å². The Kier molecular flexibility index (Phi) is 7.10. The quantitative estimate of drug-likeness (QED) is 0.308. The van der Waals surface area contributed by atoms with Crippen LogP contribution in [0.3, 0.4) is 0 Å². The number of nitro benzene ring substituents is 1. The zero-order valence-electron chi connectivity index (χ0n) is 15.1. The van der Waals surface area contributed by atoms with Crippen molar-refractivity contribution in [3.63, 3.8) is 0 Å². The van der Waals surface area contributed by atoms with Crippen LogP contribution >= 0.6 is 11.6 Å². The first-order valence-electron chi connectivity index (χ1n) is 7.81. The molecule has 11 heteroatoms. The summed E-state index contributed by atoms with van der Waals surface area (Å²) in [4.78, 5) is 33.9. The first-order chi connectivity index (χ1) is 13.7. The van der Waals surface area contributed by atoms with Crippen molar-refractivity contribution in [2.24, 2.45) is 0 Å². The Bertz CT molecular complexity index is 994. The van der Waals surface area contributed by atoms with Gasteiger partial charge in [-0.25, -0.2) is 14.0 Å². The Morgan fingerprint density at radius 2 is 1.86 bits per heavy atom. The molecule has 0 aliphatic heterocycles. The van der Waals surface area contributed by atoms with E-state index in [0.717, 1.165) is 38.5 Å². The number of ether oxygens (including phenoxy) is 3. The van der Waals surface area contributed by atoms with Crippen LogP contribution in [-0.4, -0.2) is 31.1 Å². The lowest BCUT2D eigenvalue weighted by molar-refractivity contribution is -0.384. The molecule has 0 aliphatic rings. The molecule has 0 bridgehead atoms. The molecule has 152 valence electrons. The maximum Gasteiger partial charge on any atom is 0.354 e. The number of esters is 2. The van der Waals surface area contributed by atoms with Crippen molar-refractivity contribution >= 4 is 34.9 Å². The fraction of sp³-hybridized carbons (Fsp3) is 0.111. The van der Waals surface area contributed by atoms with Crippen molar-refractivity contribution in [1.29, 1.82) is 0 Å². The molecule has 1 N–H and O–H groups in total. The average molecular weight is 425 g/mol. The Hall–Kier alpha value is -3.66. The van der Waals surface area contributed by atoms with Gasteiger partial charge in [0, 0.05) is 23.9 Å². The van der Waals surface area contributed by atoms with Gasteiger partial charge < -0.3 is 19.5 Å². The number of carbonyl (C=O) groups is 2. The molecule has 2 rings (SSSR count). The summed E-state index contributed by atoms with van der Waals surface area (Å²) in [5.41, 5.74) is -0.654. The van der Waals surface area contributed by atoms with Gasteiger partial charge in [-0.05, 0) is 12.1 Å². The van der Waals surface area contributed by atoms with Crippen molar-refractivity contribution in [2.75, 3.05) is 19.5 Å². The third-order valence-electron chi connectivity index (χ3n) is 3.38. The minimum atomic E-state index is -0.908. The van der Waals surface area contributed by atoms with Crippen LogP contribution in [0.4, 0.5) is 15.8 Å². The molecule has 0 aromatic heterocycles. The van der Waals surface area contributed by atoms with E-state index in [-0.39, 0.29) is 33.6 Å². The highest BCUT2D eigenvalue weighted by molar-refractivity contribution is 6.30. The first-order valence-corrected chi connectivity index (χ1v) is 8.18. The van der Waals surface area contributed by atoms with E-state index in [4.69, 9.17) is 16.3 Å². The van der Waals surface area contributed by atoms with Crippen LogP contribution in [0.1, 0.15) is 0 Å². The van der Waals surface area contributed by atoms with Gasteiger partial charge in [0.1, 0.15) is 23.0 Å². The lowest BCUT2D eigenvalue weighted by Crippen LogP contribution is -2.15. The second-order valence-electron chi connectivity index (χ2n) is 5.35. The van der Waals surface area contributed by atoms with Crippen LogP contribution in [0, 0.1) is 15.9 Å². The highest BCUT2D eigenvalue weighted by Crippen LogP contribution is 2.32. The number of methoxy groups -OCH3 is 2. The zero-order chi connectivity index (χ0) is 21.6. The summed E-state index contributed by atoms with van der Waals surface area (Å²) in [6, 6.07) is 7.09. The number of carbonyl (C=O) groups excluding carboxylic acids is 2. The van der Waals surface area contributed by atoms with Crippen molar-refractivity contribution in [3.05, 3.63) is 69.1 Å². The van der Waals surface area contributed by atoms with Gasteiger partial charge in [-0.2, -0.15) is 0 Å². The number of nitro groups is 1. The van der Waals surface area contributed by atoms with E-state index < -0.39 is 22.7 Å². The highest BCUT2D eigenvalue weighted by atomic mass is 35.5. The number of benzene rings is 2. The minimum Gasteiger partial charge on any atom is -0.466 e. The molecule has 0 unspecified atom stereocenters. The van der Waals surface area contributed by atoms with Crippen molar-refractivity contribution in [2.45, 2.75) is 0 Å². The SMILES string of the molecule is COC(=O)/C=C(/Nc1cc(Oc2ccc(F)c(Cl)c2)cc([N+](=O)[O-])c1)C(=O)OC. The zero-order valence-corrected chi connectivity index (χ0v) is 15.9. The summed E-state index contributed by atoms with van der Waals surface area (Å²) >= 11 is 5.70. The van der Waals surface area contributed by atoms with E-state index in [1.165, 1.54) is 18.2 Å². The second kappa shape index (κ2) is 9.51. The standard InChI is InChI=1S/C18H14ClFN2O7/c1-27-17(23)9-16(18(24)28-2)21-10-5-11(22(25)26)7-13(6-10)29-12-3-4-15(20)14(19)8-12/h3-9,21H,1-2H3/b16-9+. The molecule has 9 nitrogen and oxygen atoms in total. The topological polar surface area (TPSA) is 117 Å². The normalized spacial score (nSPS) is 10.8. The molecule has 0 fully saturated rings. The number of nitrogens with zero attached hydrogens (tertiary/aromatic N) is 1. The lowest BCUT2D eigenvalue weighted by Gasteiger charge is -2.12. The molecule has 0 aliphatic carbocycles. The maximum atomic E-state index is 13.3. The third kappa shape index (κ3) is 5.91. The molecule has 0 amide bonds. The Labute approximate surface area is 168 Å². The molecule has 0 saturated carbocycles. The number of rotatable bonds is 7. The summed E-state index contributed by atoms with van der Waals surface area (Å²) in [5.74, 6) is -2.29. The van der Waals surface area contributed by atoms with Crippen LogP contribution in [0.5, 0.6) is 11.5 Å².